The van der Waals surface area contributed by atoms with Crippen molar-refractivity contribution in [2.75, 3.05) is 0 Å². The Balaban J connectivity index is 1.97. The molecule has 0 radical (unpaired) electrons. The van der Waals surface area contributed by atoms with Gasteiger partial charge in [-0.05, 0) is 35.9 Å². The van der Waals surface area contributed by atoms with Gasteiger partial charge in [0.1, 0.15) is 10.7 Å². The maximum atomic E-state index is 12.5. The van der Waals surface area contributed by atoms with Crippen LogP contribution in [0.2, 0.25) is 5.02 Å². The Morgan fingerprint density at radius 2 is 1.90 bits per heavy atom. The topological polar surface area (TPSA) is 74.4 Å². The van der Waals surface area contributed by atoms with Crippen molar-refractivity contribution in [1.29, 1.82) is 0 Å². The first-order valence-corrected chi connectivity index (χ1v) is 9.04. The van der Waals surface area contributed by atoms with Gasteiger partial charge < -0.3 is 20.1 Å². The fourth-order valence-corrected chi connectivity index (χ4v) is 3.23. The van der Waals surface area contributed by atoms with Gasteiger partial charge in [-0.1, -0.05) is 36.0 Å². The third-order valence-electron chi connectivity index (χ3n) is 4.08. The maximum absolute atomic E-state index is 12.5. The van der Waals surface area contributed by atoms with Gasteiger partial charge in [-0.25, -0.2) is 0 Å². The van der Waals surface area contributed by atoms with Gasteiger partial charge in [0, 0.05) is 28.0 Å². The number of halogens is 4. The number of aliphatic hydroxyl groups is 1. The van der Waals surface area contributed by atoms with Gasteiger partial charge >= 0.3 is 6.36 Å². The van der Waals surface area contributed by atoms with E-state index in [1.807, 2.05) is 0 Å². The number of thiocarbonyl (C=S) groups is 1. The number of fused-ring (bicyclic) bond motifs is 1. The van der Waals surface area contributed by atoms with Gasteiger partial charge in [0.15, 0.2) is 0 Å². The predicted octanol–water partition coefficient (Wildman–Crippen LogP) is 4.04. The summed E-state index contributed by atoms with van der Waals surface area (Å²) in [5.74, 6) is -0.474. The number of hydrogen-bond donors (Lipinski definition) is 3. The quantitative estimate of drug-likeness (QED) is 0.520. The lowest BCUT2D eigenvalue weighted by molar-refractivity contribution is -0.274. The number of ether oxygens (including phenoxy) is 1. The molecule has 1 aromatic heterocycles. The molecule has 3 rings (SSSR count). The minimum atomic E-state index is -4.87. The zero-order chi connectivity index (χ0) is 21.2. The van der Waals surface area contributed by atoms with Crippen LogP contribution in [0.1, 0.15) is 16.7 Å². The Labute approximate surface area is 173 Å². The summed E-state index contributed by atoms with van der Waals surface area (Å²) in [7, 11) is 0. The molecule has 2 aromatic carbocycles. The second-order valence-electron chi connectivity index (χ2n) is 6.03. The van der Waals surface area contributed by atoms with Crippen LogP contribution in [0.4, 0.5) is 13.2 Å². The van der Waals surface area contributed by atoms with E-state index in [9.17, 15) is 23.1 Å². The van der Waals surface area contributed by atoms with Crippen LogP contribution >= 0.6 is 23.8 Å². The summed E-state index contributed by atoms with van der Waals surface area (Å²) in [5, 5.41) is 13.5. The summed E-state index contributed by atoms with van der Waals surface area (Å²) in [6, 6.07) is 10.4. The maximum Gasteiger partial charge on any atom is 0.573 e. The Hall–Kier alpha value is -2.62. The zero-order valence-corrected chi connectivity index (χ0v) is 16.2. The lowest BCUT2D eigenvalue weighted by Gasteiger charge is -2.15. The number of H-pyrrole nitrogens is 1. The van der Waals surface area contributed by atoms with E-state index in [4.69, 9.17) is 23.8 Å². The van der Waals surface area contributed by atoms with Crippen LogP contribution in [0.15, 0.2) is 47.3 Å². The number of rotatable bonds is 5. The molecule has 0 aliphatic rings. The number of hydrogen-bond acceptors (Lipinski definition) is 4. The number of aromatic amines is 1. The summed E-state index contributed by atoms with van der Waals surface area (Å²) in [6.07, 6.45) is -4.87. The summed E-state index contributed by atoms with van der Waals surface area (Å²) >= 11 is 11.1. The molecule has 0 fully saturated rings. The van der Waals surface area contributed by atoms with E-state index >= 15 is 0 Å². The molecule has 29 heavy (non-hydrogen) atoms. The molecule has 1 heterocycles. The first-order chi connectivity index (χ1) is 13.7. The van der Waals surface area contributed by atoms with E-state index in [-0.39, 0.29) is 33.6 Å². The zero-order valence-electron chi connectivity index (χ0n) is 14.6. The highest BCUT2D eigenvalue weighted by atomic mass is 35.5. The third-order valence-corrected chi connectivity index (χ3v) is 4.68. The number of nitrogens with one attached hydrogen (secondary N) is 2. The van der Waals surface area contributed by atoms with Crippen molar-refractivity contribution in [2.45, 2.75) is 19.5 Å². The summed E-state index contributed by atoms with van der Waals surface area (Å²) in [4.78, 5) is 15.1. The molecular weight excluding hydrogens is 429 g/mol. The molecule has 3 aromatic rings. The Kier molecular flexibility index (Phi) is 6.11. The highest BCUT2D eigenvalue weighted by molar-refractivity contribution is 7.80. The smallest absolute Gasteiger partial charge is 0.406 e. The number of aromatic nitrogens is 1. The standard InChI is InChI=1S/C19H14ClF3N2O3S/c20-11-3-1-10(2-4-11)8-24-18(29)16-14(9-26)13-7-12(28-19(21,22)23)5-6-15(13)25-17(16)27/h1-7,26H,8-9H2,(H,24,29)(H,25,27). The van der Waals surface area contributed by atoms with E-state index in [1.54, 1.807) is 24.3 Å². The van der Waals surface area contributed by atoms with Crippen molar-refractivity contribution < 1.29 is 23.0 Å². The molecule has 0 amide bonds. The first-order valence-electron chi connectivity index (χ1n) is 8.26. The molecular formula is C19H14ClF3N2O3S. The monoisotopic (exact) mass is 442 g/mol. The summed E-state index contributed by atoms with van der Waals surface area (Å²) in [5.41, 5.74) is 0.607. The van der Waals surface area contributed by atoms with E-state index in [2.05, 4.69) is 15.0 Å². The van der Waals surface area contributed by atoms with Crippen LogP contribution in [0.3, 0.4) is 0 Å². The highest BCUT2D eigenvalue weighted by Crippen LogP contribution is 2.28. The van der Waals surface area contributed by atoms with Crippen LogP contribution in [0, 0.1) is 0 Å². The predicted molar refractivity (Wildman–Crippen MR) is 107 cm³/mol. The number of aliphatic hydroxyl groups excluding tert-OH is 1. The minimum absolute atomic E-state index is 0.0203. The SMILES string of the molecule is O=c1[nH]c2ccc(OC(F)(F)F)cc2c(CO)c1C(=S)NCc1ccc(Cl)cc1. The van der Waals surface area contributed by atoms with Crippen LogP contribution in [0.5, 0.6) is 5.75 Å². The molecule has 3 N–H and O–H groups in total. The molecule has 0 bridgehead atoms. The summed E-state index contributed by atoms with van der Waals surface area (Å²) in [6.45, 7) is -0.316. The van der Waals surface area contributed by atoms with Crippen molar-refractivity contribution in [2.24, 2.45) is 0 Å². The molecule has 10 heteroatoms. The molecule has 0 saturated heterocycles. The minimum Gasteiger partial charge on any atom is -0.406 e. The highest BCUT2D eigenvalue weighted by Gasteiger charge is 2.31. The third kappa shape index (κ3) is 5.06. The second kappa shape index (κ2) is 8.40. The number of pyridine rings is 1. The average molecular weight is 443 g/mol. The molecule has 152 valence electrons. The first kappa shape index (κ1) is 21.1. The lowest BCUT2D eigenvalue weighted by atomic mass is 10.0. The van der Waals surface area contributed by atoms with E-state index in [1.165, 1.54) is 6.07 Å². The Morgan fingerprint density at radius 3 is 2.52 bits per heavy atom. The van der Waals surface area contributed by atoms with Gasteiger partial charge in [0.05, 0.1) is 12.2 Å². The van der Waals surface area contributed by atoms with Crippen LogP contribution in [-0.2, 0) is 13.2 Å². The van der Waals surface area contributed by atoms with E-state index in [0.29, 0.717) is 5.02 Å². The van der Waals surface area contributed by atoms with Crippen LogP contribution in [0.25, 0.3) is 10.9 Å². The van der Waals surface area contributed by atoms with Gasteiger partial charge in [-0.15, -0.1) is 13.2 Å². The van der Waals surface area contributed by atoms with E-state index in [0.717, 1.165) is 17.7 Å². The molecule has 0 saturated carbocycles. The molecule has 0 aliphatic carbocycles. The van der Waals surface area contributed by atoms with Gasteiger partial charge in [0.2, 0.25) is 0 Å². The lowest BCUT2D eigenvalue weighted by Crippen LogP contribution is -2.30. The van der Waals surface area contributed by atoms with Crippen LogP contribution in [-0.4, -0.2) is 21.4 Å². The molecule has 0 spiro atoms. The van der Waals surface area contributed by atoms with E-state index < -0.39 is 24.3 Å². The summed E-state index contributed by atoms with van der Waals surface area (Å²) < 4.78 is 41.5. The van der Waals surface area contributed by atoms with Gasteiger partial charge in [-0.3, -0.25) is 4.79 Å². The van der Waals surface area contributed by atoms with Gasteiger partial charge in [0.25, 0.3) is 5.56 Å². The molecule has 0 aliphatic heterocycles. The van der Waals surface area contributed by atoms with Crippen molar-refractivity contribution in [3.8, 4) is 5.75 Å². The second-order valence-corrected chi connectivity index (χ2v) is 6.87. The Bertz CT molecular complexity index is 1110. The molecule has 0 atom stereocenters. The number of alkyl halides is 3. The van der Waals surface area contributed by atoms with Gasteiger partial charge in [-0.2, -0.15) is 0 Å². The van der Waals surface area contributed by atoms with Crippen LogP contribution < -0.4 is 15.6 Å². The average Bonchev–Trinajstić information content (AvgIpc) is 2.65. The molecule has 5 nitrogen and oxygen atoms in total. The largest absolute Gasteiger partial charge is 0.573 e. The fraction of sp³-hybridized carbons (Fsp3) is 0.158. The van der Waals surface area contributed by atoms with Crippen molar-refractivity contribution >= 4 is 39.7 Å². The number of benzene rings is 2. The van der Waals surface area contributed by atoms with Crippen molar-refractivity contribution in [1.82, 2.24) is 10.3 Å². The fourth-order valence-electron chi connectivity index (χ4n) is 2.81. The Morgan fingerprint density at radius 1 is 1.21 bits per heavy atom. The normalized spacial score (nSPS) is 11.5. The van der Waals surface area contributed by atoms with Crippen molar-refractivity contribution in [3.63, 3.8) is 0 Å². The van der Waals surface area contributed by atoms with Crippen molar-refractivity contribution in [3.05, 3.63) is 74.5 Å². The molecule has 0 unspecified atom stereocenters.